The maximum absolute atomic E-state index is 12.7. The minimum atomic E-state index is -1.10. The van der Waals surface area contributed by atoms with Gasteiger partial charge in [-0.05, 0) is 43.5 Å². The van der Waals surface area contributed by atoms with Crippen molar-refractivity contribution >= 4 is 46.9 Å². The molecule has 1 heterocycles. The number of anilines is 2. The lowest BCUT2D eigenvalue weighted by molar-refractivity contribution is -0.153. The van der Waals surface area contributed by atoms with Gasteiger partial charge in [-0.2, -0.15) is 0 Å². The van der Waals surface area contributed by atoms with Gasteiger partial charge in [0.2, 0.25) is 11.8 Å². The van der Waals surface area contributed by atoms with Crippen LogP contribution in [0.1, 0.15) is 132 Å². The fourth-order valence-corrected chi connectivity index (χ4v) is 6.28. The summed E-state index contributed by atoms with van der Waals surface area (Å²) in [7, 11) is 0. The van der Waals surface area contributed by atoms with Crippen LogP contribution in [0, 0.1) is 11.8 Å². The Hall–Kier alpha value is -4.86. The zero-order valence-electron chi connectivity index (χ0n) is 30.9. The first-order valence-corrected chi connectivity index (χ1v) is 19.3. The highest BCUT2D eigenvalue weighted by Crippen LogP contribution is 2.23. The molecule has 2 aromatic rings. The van der Waals surface area contributed by atoms with Crippen molar-refractivity contribution in [2.75, 3.05) is 10.6 Å². The van der Waals surface area contributed by atoms with Crippen LogP contribution in [0.15, 0.2) is 78.9 Å². The zero-order chi connectivity index (χ0) is 38.1. The molecule has 0 aromatic heterocycles. The van der Waals surface area contributed by atoms with Gasteiger partial charge >= 0.3 is 17.9 Å². The highest BCUT2D eigenvalue weighted by molar-refractivity contribution is 6.11. The molecule has 0 saturated carbocycles. The first-order valence-electron chi connectivity index (χ1n) is 19.3. The molecular weight excluding hydrogens is 672 g/mol. The van der Waals surface area contributed by atoms with Crippen LogP contribution in [0.5, 0.6) is 0 Å². The van der Waals surface area contributed by atoms with E-state index < -0.39 is 29.5 Å². The van der Waals surface area contributed by atoms with Crippen LogP contribution in [-0.4, -0.2) is 40.6 Å². The fourth-order valence-electron chi connectivity index (χ4n) is 6.28. The largest absolute Gasteiger partial charge is 0.481 e. The van der Waals surface area contributed by atoms with E-state index in [1.807, 2.05) is 18.2 Å². The average molecular weight is 729 g/mol. The number of Topliss-reactive ketones (excluding diaryl/α,β-unsaturated/α-hetero) is 1. The van der Waals surface area contributed by atoms with Crippen molar-refractivity contribution in [1.82, 2.24) is 0 Å². The molecule has 1 aliphatic rings. The Morgan fingerprint density at radius 3 is 1.91 bits per heavy atom. The Bertz CT molecular complexity index is 1530. The number of ketones is 1. The molecule has 1 fully saturated rings. The number of nitrogens with one attached hydrogen (secondary N) is 2. The molecule has 2 aromatic carbocycles. The van der Waals surface area contributed by atoms with Crippen molar-refractivity contribution in [2.24, 2.45) is 11.8 Å². The number of unbranched alkanes of at least 4 members (excludes halogenated alkanes) is 14. The minimum absolute atomic E-state index is 0.210. The molecule has 53 heavy (non-hydrogen) atoms. The molecule has 286 valence electrons. The Labute approximate surface area is 313 Å². The number of esters is 2. The average Bonchev–Trinajstić information content (AvgIpc) is 3.46. The number of carbonyl (C=O) groups excluding carboxylic acids is 5. The number of allylic oxidation sites excluding steroid dienone is 3. The zero-order valence-corrected chi connectivity index (χ0v) is 30.9. The van der Waals surface area contributed by atoms with E-state index in [1.165, 1.54) is 76.4 Å². The van der Waals surface area contributed by atoms with Crippen LogP contribution in [0.25, 0.3) is 0 Å². The van der Waals surface area contributed by atoms with Crippen molar-refractivity contribution in [3.63, 3.8) is 0 Å². The van der Waals surface area contributed by atoms with E-state index in [9.17, 15) is 33.9 Å². The molecule has 2 amide bonds. The van der Waals surface area contributed by atoms with Gasteiger partial charge in [0.05, 0.1) is 24.7 Å². The normalized spacial score (nSPS) is 14.8. The number of amides is 2. The molecule has 1 aliphatic heterocycles. The van der Waals surface area contributed by atoms with Gasteiger partial charge in [-0.3, -0.25) is 28.8 Å². The second-order valence-electron chi connectivity index (χ2n) is 13.8. The maximum atomic E-state index is 12.7. The number of hydrogen-bond acceptors (Lipinski definition) is 7. The third-order valence-corrected chi connectivity index (χ3v) is 9.29. The molecule has 3 N–H and O–H groups in total. The second-order valence-corrected chi connectivity index (χ2v) is 13.8. The van der Waals surface area contributed by atoms with E-state index in [-0.39, 0.29) is 42.7 Å². The molecule has 0 bridgehead atoms. The number of cyclic esters (lactones) is 2. The van der Waals surface area contributed by atoms with Crippen LogP contribution in [-0.2, 0) is 28.7 Å². The molecule has 0 radical (unpaired) electrons. The summed E-state index contributed by atoms with van der Waals surface area (Å²) in [6.45, 7) is 0. The molecule has 0 spiro atoms. The lowest BCUT2D eigenvalue weighted by atomic mass is 9.98. The summed E-state index contributed by atoms with van der Waals surface area (Å²) >= 11 is 0. The lowest BCUT2D eigenvalue weighted by Gasteiger charge is -2.10. The van der Waals surface area contributed by atoms with E-state index in [2.05, 4.69) is 15.4 Å². The van der Waals surface area contributed by atoms with Gasteiger partial charge < -0.3 is 20.5 Å². The van der Waals surface area contributed by atoms with E-state index in [1.54, 1.807) is 48.5 Å². The van der Waals surface area contributed by atoms with E-state index in [4.69, 9.17) is 0 Å². The molecule has 10 heteroatoms. The van der Waals surface area contributed by atoms with Gasteiger partial charge in [-0.25, -0.2) is 0 Å². The summed E-state index contributed by atoms with van der Waals surface area (Å²) in [5, 5.41) is 15.0. The quantitative estimate of drug-likeness (QED) is 0.0270. The van der Waals surface area contributed by atoms with Crippen molar-refractivity contribution in [3.05, 3.63) is 84.5 Å². The standard InChI is InChI=1S/C43H56N2O8/c46-38(32-40(48)44-36-26-20-17-21-27-36)33-25-22-28-37(29-33)45-39(47)30-34(42(50)51)23-18-15-13-11-9-7-5-3-1-2-4-6-8-10-12-14-16-19-24-35-31-41(49)53-43(35)52/h13,15,17-18,20-23,25-29,34-35H,1-12,14,16,19,24,30-32H2,(H,44,48)(H,45,47)(H,50,51)/b15-13-,23-18+/t34-,35-/m1/s1. The molecular formula is C43H56N2O8. The highest BCUT2D eigenvalue weighted by atomic mass is 16.6. The van der Waals surface area contributed by atoms with Gasteiger partial charge in [-0.1, -0.05) is 138 Å². The highest BCUT2D eigenvalue weighted by Gasteiger charge is 2.32. The predicted octanol–water partition coefficient (Wildman–Crippen LogP) is 9.37. The Balaban J connectivity index is 1.18. The van der Waals surface area contributed by atoms with Gasteiger partial charge in [0.1, 0.15) is 0 Å². The molecule has 0 aliphatic carbocycles. The van der Waals surface area contributed by atoms with Crippen LogP contribution >= 0.6 is 0 Å². The van der Waals surface area contributed by atoms with E-state index in [0.717, 1.165) is 38.5 Å². The smallest absolute Gasteiger partial charge is 0.317 e. The Kier molecular flexibility index (Phi) is 20.2. The summed E-state index contributed by atoms with van der Waals surface area (Å²) in [5.74, 6) is -4.37. The van der Waals surface area contributed by atoms with E-state index >= 15 is 0 Å². The topological polar surface area (TPSA) is 156 Å². The number of benzene rings is 2. The van der Waals surface area contributed by atoms with Crippen molar-refractivity contribution in [3.8, 4) is 0 Å². The first-order chi connectivity index (χ1) is 25.7. The number of ether oxygens (including phenoxy) is 1. The third kappa shape index (κ3) is 18.5. The van der Waals surface area contributed by atoms with Gasteiger partial charge in [0.25, 0.3) is 0 Å². The van der Waals surface area contributed by atoms with Gasteiger partial charge in [-0.15, -0.1) is 0 Å². The first kappa shape index (κ1) is 42.6. The van der Waals surface area contributed by atoms with Crippen molar-refractivity contribution in [2.45, 2.75) is 122 Å². The number of hydrogen-bond donors (Lipinski definition) is 3. The van der Waals surface area contributed by atoms with Crippen molar-refractivity contribution in [1.29, 1.82) is 0 Å². The number of aliphatic carboxylic acids is 1. The van der Waals surface area contributed by atoms with Crippen LogP contribution in [0.3, 0.4) is 0 Å². The number of rotatable bonds is 27. The van der Waals surface area contributed by atoms with Crippen LogP contribution in [0.4, 0.5) is 11.4 Å². The third-order valence-electron chi connectivity index (χ3n) is 9.29. The van der Waals surface area contributed by atoms with Gasteiger partial charge in [0, 0.05) is 23.4 Å². The molecule has 10 nitrogen and oxygen atoms in total. The molecule has 2 atom stereocenters. The summed E-state index contributed by atoms with van der Waals surface area (Å²) < 4.78 is 4.60. The number of carbonyl (C=O) groups is 6. The summed E-state index contributed by atoms with van der Waals surface area (Å²) in [6.07, 6.45) is 25.3. The molecule has 1 saturated heterocycles. The monoisotopic (exact) mass is 728 g/mol. The summed E-state index contributed by atoms with van der Waals surface area (Å²) in [4.78, 5) is 71.9. The lowest BCUT2D eigenvalue weighted by Crippen LogP contribution is -2.21. The summed E-state index contributed by atoms with van der Waals surface area (Å²) in [5.41, 5.74) is 1.20. The van der Waals surface area contributed by atoms with E-state index in [0.29, 0.717) is 11.4 Å². The fraction of sp³-hybridized carbons (Fsp3) is 0.488. The molecule has 3 rings (SSSR count). The SMILES string of the molecule is O=C(CC(=O)c1cccc(NC(=O)C[C@@H](/C=C/C=C\CCCCCCCCCCCCCCCC[C@@H]2CC(=O)OC2=O)C(=O)O)c1)Nc1ccccc1. The van der Waals surface area contributed by atoms with Crippen molar-refractivity contribution < 1.29 is 38.6 Å². The minimum Gasteiger partial charge on any atom is -0.481 e. The van der Waals surface area contributed by atoms with Crippen LogP contribution in [0.2, 0.25) is 0 Å². The Morgan fingerprint density at radius 1 is 0.717 bits per heavy atom. The number of carboxylic acids is 1. The second kappa shape index (κ2) is 25.2. The van der Waals surface area contributed by atoms with Crippen LogP contribution < -0.4 is 10.6 Å². The molecule has 0 unspecified atom stereocenters. The number of para-hydroxylation sites is 1. The maximum Gasteiger partial charge on any atom is 0.317 e. The number of carboxylic acid groups (broad SMARTS) is 1. The predicted molar refractivity (Wildman–Crippen MR) is 206 cm³/mol. The summed E-state index contributed by atoms with van der Waals surface area (Å²) in [6, 6.07) is 15.1. The Morgan fingerprint density at radius 2 is 1.30 bits per heavy atom. The van der Waals surface area contributed by atoms with Gasteiger partial charge in [0.15, 0.2) is 5.78 Å².